The Balaban J connectivity index is 1.88. The first-order valence-electron chi connectivity index (χ1n) is 9.15. The first kappa shape index (κ1) is 18.4. The third-order valence-electron chi connectivity index (χ3n) is 5.94. The van der Waals surface area contributed by atoms with Crippen molar-refractivity contribution >= 4 is 15.9 Å². The topological polar surface area (TPSA) is 66.5 Å². The van der Waals surface area contributed by atoms with Gasteiger partial charge in [-0.15, -0.1) is 0 Å². The third kappa shape index (κ3) is 3.60. The molecule has 25 heavy (non-hydrogen) atoms. The van der Waals surface area contributed by atoms with E-state index in [0.29, 0.717) is 24.5 Å². The van der Waals surface area contributed by atoms with E-state index in [1.165, 1.54) is 13.3 Å². The van der Waals surface area contributed by atoms with Crippen molar-refractivity contribution < 1.29 is 13.2 Å². The monoisotopic (exact) mass is 364 g/mol. The molecule has 2 fully saturated rings. The molecular weight excluding hydrogens is 336 g/mol. The standard InChI is InChI=1S/C19H28N2O3S/c1-15-8-4-5-9-18(15)25(23,24)21-13-17(12-20-16(2)22)19(14-21)10-6-3-7-11-19/h4-5,8-9,17H,3,6-7,10-14H2,1-2H3,(H,20,22). The van der Waals surface area contributed by atoms with Crippen LogP contribution in [0.4, 0.5) is 0 Å². The highest BCUT2D eigenvalue weighted by Gasteiger charge is 2.50. The van der Waals surface area contributed by atoms with Crippen LogP contribution in [-0.2, 0) is 14.8 Å². The molecule has 3 rings (SSSR count). The molecule has 1 saturated carbocycles. The van der Waals surface area contributed by atoms with E-state index in [1.807, 2.05) is 19.1 Å². The van der Waals surface area contributed by atoms with Gasteiger partial charge in [0.1, 0.15) is 0 Å². The van der Waals surface area contributed by atoms with Gasteiger partial charge in [-0.3, -0.25) is 4.79 Å². The number of carbonyl (C=O) groups excluding carboxylic acids is 1. The van der Waals surface area contributed by atoms with Crippen LogP contribution in [0.5, 0.6) is 0 Å². The second kappa shape index (κ2) is 7.08. The minimum Gasteiger partial charge on any atom is -0.356 e. The molecule has 0 aromatic heterocycles. The first-order valence-corrected chi connectivity index (χ1v) is 10.6. The quantitative estimate of drug-likeness (QED) is 0.893. The van der Waals surface area contributed by atoms with Gasteiger partial charge in [-0.25, -0.2) is 8.42 Å². The van der Waals surface area contributed by atoms with Gasteiger partial charge < -0.3 is 5.32 Å². The summed E-state index contributed by atoms with van der Waals surface area (Å²) >= 11 is 0. The van der Waals surface area contributed by atoms with E-state index in [0.717, 1.165) is 31.2 Å². The zero-order valence-corrected chi connectivity index (χ0v) is 15.9. The van der Waals surface area contributed by atoms with Crippen molar-refractivity contribution in [1.82, 2.24) is 9.62 Å². The lowest BCUT2D eigenvalue weighted by Gasteiger charge is -2.38. The molecule has 1 atom stereocenters. The molecule has 5 nitrogen and oxygen atoms in total. The maximum Gasteiger partial charge on any atom is 0.243 e. The Morgan fingerprint density at radius 1 is 1.24 bits per heavy atom. The molecule has 1 heterocycles. The predicted molar refractivity (Wildman–Crippen MR) is 97.6 cm³/mol. The predicted octanol–water partition coefficient (Wildman–Crippen LogP) is 2.70. The normalized spacial score (nSPS) is 23.7. The molecule has 1 aromatic rings. The average molecular weight is 365 g/mol. The van der Waals surface area contributed by atoms with Crippen LogP contribution in [0.15, 0.2) is 29.2 Å². The maximum atomic E-state index is 13.2. The summed E-state index contributed by atoms with van der Waals surface area (Å²) in [5.41, 5.74) is 0.793. The summed E-state index contributed by atoms with van der Waals surface area (Å²) in [6, 6.07) is 7.18. The lowest BCUT2D eigenvalue weighted by Crippen LogP contribution is -2.39. The summed E-state index contributed by atoms with van der Waals surface area (Å²) in [5.74, 6) is 0.140. The number of aryl methyl sites for hydroxylation is 1. The molecular formula is C19H28N2O3S. The number of carbonyl (C=O) groups is 1. The maximum absolute atomic E-state index is 13.2. The highest BCUT2D eigenvalue weighted by atomic mass is 32.2. The number of rotatable bonds is 4. The van der Waals surface area contributed by atoms with Crippen LogP contribution in [0.1, 0.15) is 44.6 Å². The molecule has 1 aliphatic carbocycles. The minimum absolute atomic E-state index is 0.0104. The fraction of sp³-hybridized carbons (Fsp3) is 0.632. The van der Waals surface area contributed by atoms with Crippen molar-refractivity contribution in [2.45, 2.75) is 50.8 Å². The summed E-state index contributed by atoms with van der Waals surface area (Å²) in [6.07, 6.45) is 5.62. The average Bonchev–Trinajstić information content (AvgIpc) is 2.92. The van der Waals surface area contributed by atoms with Crippen molar-refractivity contribution in [3.05, 3.63) is 29.8 Å². The number of sulfonamides is 1. The van der Waals surface area contributed by atoms with Crippen LogP contribution in [-0.4, -0.2) is 38.3 Å². The van der Waals surface area contributed by atoms with Gasteiger partial charge in [0.15, 0.2) is 0 Å². The summed E-state index contributed by atoms with van der Waals surface area (Å²) in [4.78, 5) is 11.8. The van der Waals surface area contributed by atoms with Crippen LogP contribution in [0, 0.1) is 18.3 Å². The Labute approximate surface area is 150 Å². The van der Waals surface area contributed by atoms with Crippen molar-refractivity contribution in [3.8, 4) is 0 Å². The Morgan fingerprint density at radius 2 is 1.92 bits per heavy atom. The lowest BCUT2D eigenvalue weighted by molar-refractivity contribution is -0.119. The van der Waals surface area contributed by atoms with Crippen LogP contribution in [0.25, 0.3) is 0 Å². The van der Waals surface area contributed by atoms with E-state index < -0.39 is 10.0 Å². The number of nitrogens with one attached hydrogen (secondary N) is 1. The van der Waals surface area contributed by atoms with Gasteiger partial charge in [-0.05, 0) is 42.7 Å². The van der Waals surface area contributed by atoms with E-state index in [1.54, 1.807) is 16.4 Å². The second-order valence-corrected chi connectivity index (χ2v) is 9.53. The SMILES string of the molecule is CC(=O)NCC1CN(S(=O)(=O)c2ccccc2C)CC12CCCCC2. The number of amides is 1. The molecule has 1 aliphatic heterocycles. The van der Waals surface area contributed by atoms with Gasteiger partial charge in [0.05, 0.1) is 4.90 Å². The van der Waals surface area contributed by atoms with Crippen LogP contribution in [0.2, 0.25) is 0 Å². The van der Waals surface area contributed by atoms with Gasteiger partial charge in [0.25, 0.3) is 0 Å². The Morgan fingerprint density at radius 3 is 2.56 bits per heavy atom. The highest BCUT2D eigenvalue weighted by Crippen LogP contribution is 2.48. The molecule has 1 N–H and O–H groups in total. The molecule has 2 aliphatic rings. The molecule has 1 unspecified atom stereocenters. The Kier molecular flexibility index (Phi) is 5.21. The second-order valence-electron chi connectivity index (χ2n) is 7.62. The van der Waals surface area contributed by atoms with Gasteiger partial charge in [0, 0.05) is 26.6 Å². The van der Waals surface area contributed by atoms with Crippen molar-refractivity contribution in [2.24, 2.45) is 11.3 Å². The first-order chi connectivity index (χ1) is 11.8. The third-order valence-corrected chi connectivity index (χ3v) is 7.91. The van der Waals surface area contributed by atoms with Gasteiger partial charge >= 0.3 is 0 Å². The number of nitrogens with zero attached hydrogens (tertiary/aromatic N) is 1. The summed E-state index contributed by atoms with van der Waals surface area (Å²) in [5, 5.41) is 2.92. The van der Waals surface area contributed by atoms with Gasteiger partial charge in [-0.2, -0.15) is 4.31 Å². The Bertz CT molecular complexity index is 739. The van der Waals surface area contributed by atoms with Gasteiger partial charge in [0.2, 0.25) is 15.9 Å². The van der Waals surface area contributed by atoms with E-state index in [4.69, 9.17) is 0 Å². The van der Waals surface area contributed by atoms with E-state index >= 15 is 0 Å². The molecule has 138 valence electrons. The molecule has 0 radical (unpaired) electrons. The van der Waals surface area contributed by atoms with Crippen LogP contribution in [0.3, 0.4) is 0 Å². The fourth-order valence-electron chi connectivity index (χ4n) is 4.52. The zero-order chi connectivity index (χ0) is 18.1. The Hall–Kier alpha value is -1.40. The van der Waals surface area contributed by atoms with Crippen molar-refractivity contribution in [1.29, 1.82) is 0 Å². The smallest absolute Gasteiger partial charge is 0.243 e. The summed E-state index contributed by atoms with van der Waals surface area (Å²) in [6.45, 7) is 5.00. The summed E-state index contributed by atoms with van der Waals surface area (Å²) < 4.78 is 28.1. The van der Waals surface area contributed by atoms with Crippen molar-refractivity contribution in [2.75, 3.05) is 19.6 Å². The molecule has 1 amide bonds. The largest absolute Gasteiger partial charge is 0.356 e. The van der Waals surface area contributed by atoms with Crippen molar-refractivity contribution in [3.63, 3.8) is 0 Å². The number of hydrogen-bond donors (Lipinski definition) is 1. The van der Waals surface area contributed by atoms with Gasteiger partial charge in [-0.1, -0.05) is 37.5 Å². The van der Waals surface area contributed by atoms with Crippen LogP contribution >= 0.6 is 0 Å². The minimum atomic E-state index is -3.50. The molecule has 1 spiro atoms. The van der Waals surface area contributed by atoms with E-state index in [-0.39, 0.29) is 17.2 Å². The number of benzene rings is 1. The zero-order valence-electron chi connectivity index (χ0n) is 15.1. The highest BCUT2D eigenvalue weighted by molar-refractivity contribution is 7.89. The molecule has 6 heteroatoms. The van der Waals surface area contributed by atoms with E-state index in [9.17, 15) is 13.2 Å². The summed E-state index contributed by atoms with van der Waals surface area (Å²) in [7, 11) is -3.50. The molecule has 1 aromatic carbocycles. The number of hydrogen-bond acceptors (Lipinski definition) is 3. The fourth-order valence-corrected chi connectivity index (χ4v) is 6.33. The molecule has 0 bridgehead atoms. The van der Waals surface area contributed by atoms with Crippen LogP contribution < -0.4 is 5.32 Å². The molecule has 1 saturated heterocycles. The van der Waals surface area contributed by atoms with E-state index in [2.05, 4.69) is 5.32 Å². The lowest BCUT2D eigenvalue weighted by atomic mass is 9.68.